The number of ether oxygens (including phenoxy) is 5. The summed E-state index contributed by atoms with van der Waals surface area (Å²) in [6.07, 6.45) is 20.5. The topological polar surface area (TPSA) is 281 Å². The van der Waals surface area contributed by atoms with Crippen molar-refractivity contribution in [3.05, 3.63) is 225 Å². The molecule has 0 spiro atoms. The molecular weight excluding hydrogens is 1700 g/mol. The molecule has 9 heterocycles. The maximum Gasteiger partial charge on any atom is 0.358 e. The van der Waals surface area contributed by atoms with Gasteiger partial charge in [-0.3, -0.25) is 39.8 Å². The van der Waals surface area contributed by atoms with Gasteiger partial charge in [-0.15, -0.1) is 0 Å². The van der Waals surface area contributed by atoms with Crippen LogP contribution in [0, 0.1) is 25.7 Å². The highest BCUT2D eigenvalue weighted by Gasteiger charge is 2.36. The third-order valence-corrected chi connectivity index (χ3v) is 28.4. The van der Waals surface area contributed by atoms with Crippen LogP contribution in [0.15, 0.2) is 164 Å². The second-order valence-electron chi connectivity index (χ2n) is 38.1. The number of nitrogens with one attached hydrogen (secondary N) is 3. The quantitative estimate of drug-likeness (QED) is 0.0196. The predicted octanol–water partition coefficient (Wildman–Crippen LogP) is 21.2. The molecule has 2 saturated carbocycles. The molecule has 0 bridgehead atoms. The lowest BCUT2D eigenvalue weighted by Crippen LogP contribution is -2.39. The summed E-state index contributed by atoms with van der Waals surface area (Å²) in [7, 11) is 1.89. The van der Waals surface area contributed by atoms with Gasteiger partial charge in [0.2, 0.25) is 11.8 Å². The number of amides is 4. The summed E-state index contributed by atoms with van der Waals surface area (Å²) >= 11 is 2.91. The number of carbonyl (C=O) groups excluding carboxylic acids is 7. The SMILES string of the molecule is Cc1c(OC2CCC(CCCC=O)CC2)cccc1-c1ccc(N2CCc3cccc(C(=O)Nc4nc5ccccc5s4)c3C2)nc1C(=O)OC(C)(C)C.Cc1c(OC2CCC(CCCCN3CCC(Oc4ccc5c(C6CCC(=O)NC6=O)nn(C)c5c4)CC3)CC2)cccc1-c1ccc(N2CCc3cccc(C(=O)Nc4nc5ccccc5s4)c3C2)nc1C(=O)OC(C)(C)C. The first-order valence-electron chi connectivity index (χ1n) is 47.0. The maximum absolute atomic E-state index is 14.1. The predicted molar refractivity (Wildman–Crippen MR) is 519 cm³/mol. The Kier molecular flexibility index (Phi) is 28.1. The van der Waals surface area contributed by atoms with E-state index < -0.39 is 29.1 Å². The highest BCUT2D eigenvalue weighted by atomic mass is 32.1. The number of carbonyl (C=O) groups is 7. The zero-order chi connectivity index (χ0) is 91.9. The maximum atomic E-state index is 14.1. The van der Waals surface area contributed by atoms with Crippen LogP contribution in [0.25, 0.3) is 53.6 Å². The van der Waals surface area contributed by atoms with Crippen LogP contribution in [0.4, 0.5) is 21.9 Å². The smallest absolute Gasteiger partial charge is 0.358 e. The van der Waals surface area contributed by atoms with E-state index >= 15 is 0 Å². The number of likely N-dealkylation sites (tertiary alicyclic amines) is 1. The number of thiazole rings is 2. The van der Waals surface area contributed by atoms with E-state index in [1.807, 2.05) is 207 Å². The molecule has 4 amide bonds. The molecule has 6 aliphatic rings. The van der Waals surface area contributed by atoms with Gasteiger partial charge in [0.05, 0.1) is 49.8 Å². The third-order valence-electron chi connectivity index (χ3n) is 26.5. The number of pyridine rings is 2. The molecule has 5 aromatic heterocycles. The largest absolute Gasteiger partial charge is 0.490 e. The van der Waals surface area contributed by atoms with Crippen molar-refractivity contribution < 1.29 is 57.2 Å². The molecule has 2 aliphatic carbocycles. The Labute approximate surface area is 779 Å². The summed E-state index contributed by atoms with van der Waals surface area (Å²) in [5, 5.41) is 15.3. The van der Waals surface area contributed by atoms with Crippen LogP contribution in [-0.2, 0) is 56.8 Å². The van der Waals surface area contributed by atoms with Gasteiger partial charge in [-0.1, -0.05) is 115 Å². The summed E-state index contributed by atoms with van der Waals surface area (Å²) in [5.74, 6) is 2.77. The first kappa shape index (κ1) is 91.6. The first-order chi connectivity index (χ1) is 63.7. The highest BCUT2D eigenvalue weighted by Crippen LogP contribution is 2.43. The van der Waals surface area contributed by atoms with Gasteiger partial charge in [-0.2, -0.15) is 5.10 Å². The minimum atomic E-state index is -0.731. The van der Waals surface area contributed by atoms with E-state index in [1.54, 1.807) is 4.68 Å². The Morgan fingerprint density at radius 2 is 1.00 bits per heavy atom. The normalized spacial score (nSPS) is 18.5. The second kappa shape index (κ2) is 40.4. The number of aromatic nitrogens is 6. The Balaban J connectivity index is 0.000000197. The zero-order valence-electron chi connectivity index (χ0n) is 77.0. The number of aryl methyl sites for hydroxylation is 1. The van der Waals surface area contributed by atoms with Crippen molar-refractivity contribution in [3.8, 4) is 39.5 Å². The number of esters is 2. The molecule has 1 unspecified atom stereocenters. The van der Waals surface area contributed by atoms with E-state index in [-0.39, 0.29) is 53.3 Å². The van der Waals surface area contributed by atoms with E-state index in [0.29, 0.717) is 107 Å². The number of hydrogen-bond donors (Lipinski definition) is 3. The fraction of sp³-hybridized carbons (Fsp3) is 0.415. The number of benzene rings is 7. The van der Waals surface area contributed by atoms with E-state index in [0.717, 1.165) is 209 Å². The number of unbranched alkanes of at least 4 members (excludes halogenated alkanes) is 2. The number of para-hydroxylation sites is 2. The van der Waals surface area contributed by atoms with E-state index in [4.69, 9.17) is 33.7 Å². The number of rotatable bonds is 26. The van der Waals surface area contributed by atoms with Crippen LogP contribution in [0.5, 0.6) is 17.2 Å². The number of imide groups is 1. The van der Waals surface area contributed by atoms with Gasteiger partial charge < -0.3 is 43.2 Å². The van der Waals surface area contributed by atoms with Gasteiger partial charge in [-0.05, 0) is 300 Å². The van der Waals surface area contributed by atoms with Crippen molar-refractivity contribution in [2.45, 2.75) is 232 Å². The van der Waals surface area contributed by atoms with Crippen molar-refractivity contribution in [1.82, 2.24) is 39.9 Å². The highest BCUT2D eigenvalue weighted by molar-refractivity contribution is 7.22. The molecule has 132 heavy (non-hydrogen) atoms. The number of hydrogen-bond acceptors (Lipinski definition) is 22. The number of piperidine rings is 2. The Hall–Kier alpha value is -12.3. The fourth-order valence-corrected chi connectivity index (χ4v) is 21.3. The van der Waals surface area contributed by atoms with Crippen LogP contribution in [-0.4, -0.2) is 139 Å². The third kappa shape index (κ3) is 21.7. The van der Waals surface area contributed by atoms with E-state index in [9.17, 15) is 33.6 Å². The van der Waals surface area contributed by atoms with Gasteiger partial charge in [0.1, 0.15) is 52.5 Å². The Morgan fingerprint density at radius 3 is 1.49 bits per heavy atom. The molecule has 686 valence electrons. The minimum Gasteiger partial charge on any atom is -0.490 e. The van der Waals surface area contributed by atoms with Gasteiger partial charge in [0.25, 0.3) is 11.8 Å². The molecule has 4 aliphatic heterocycles. The molecule has 3 N–H and O–H groups in total. The van der Waals surface area contributed by atoms with Crippen molar-refractivity contribution in [1.29, 1.82) is 0 Å². The van der Waals surface area contributed by atoms with Crippen LogP contribution < -0.4 is 40.0 Å². The standard InChI is InChI=1S/C62H70N8O7S.C44H48N4O5S/c1-38-44(45-25-27-54(64-57(45)60(74)77-62(2,3)4)70-35-29-40-13-10-15-46(49(40)37-70)58(72)66-61-63-50-16-6-7-18-53(50)78-61)14-11-17-52(38)76-41-21-19-39(20-22-41)12-8-9-32-69-33-30-42(31-34-69)75-43-23-24-47-51(36-43)68(5)67-56(47)48-26-28-55(71)65-59(48)73;1-28-32(13-10-16-37(28)52-31-20-18-29(19-21-31)11-7-8-26-49)33-22-23-39(46-40(33)42(51)53-44(2,3)4)48-25-24-30-12-9-14-34(35(30)27-48)41(50)47-43-45-36-15-5-6-17-38(36)54-43/h6-7,10-11,13-18,23-25,27,36,39,41-42,48H,8-9,12,19-22,26,28-35,37H2,1-5H3,(H,63,66,72)(H,65,71,73);5-6,9-10,12-17,22-23,26,29,31H,7-8,11,18-21,24-25,27H2,1-4H3,(H,45,47,50). The fourth-order valence-electron chi connectivity index (χ4n) is 19.6. The van der Waals surface area contributed by atoms with Crippen molar-refractivity contribution in [2.24, 2.45) is 18.9 Å². The van der Waals surface area contributed by atoms with Crippen LogP contribution in [0.3, 0.4) is 0 Å². The molecule has 2 saturated heterocycles. The lowest BCUT2D eigenvalue weighted by molar-refractivity contribution is -0.134. The molecule has 1 atom stereocenters. The average Bonchev–Trinajstić information content (AvgIpc) is 1.54. The number of aldehydes is 1. The van der Waals surface area contributed by atoms with Crippen molar-refractivity contribution >= 4 is 118 Å². The zero-order valence-corrected chi connectivity index (χ0v) is 78.6. The molecule has 12 aromatic rings. The van der Waals surface area contributed by atoms with Gasteiger partial charge in [-0.25, -0.2) is 29.5 Å². The molecule has 24 nitrogen and oxygen atoms in total. The molecule has 0 radical (unpaired) electrons. The lowest BCUT2D eigenvalue weighted by atomic mass is 9.84. The van der Waals surface area contributed by atoms with Crippen molar-refractivity contribution in [2.75, 3.05) is 53.2 Å². The Morgan fingerprint density at radius 1 is 0.508 bits per heavy atom. The molecule has 26 heteroatoms. The van der Waals surface area contributed by atoms with Crippen LogP contribution >= 0.6 is 22.7 Å². The monoisotopic (exact) mass is 1810 g/mol. The van der Waals surface area contributed by atoms with Gasteiger partial charge in [0.15, 0.2) is 21.7 Å². The van der Waals surface area contributed by atoms with E-state index in [1.165, 1.54) is 41.9 Å². The first-order valence-corrected chi connectivity index (χ1v) is 48.6. The van der Waals surface area contributed by atoms with Crippen LogP contribution in [0.1, 0.15) is 244 Å². The van der Waals surface area contributed by atoms with Gasteiger partial charge >= 0.3 is 11.9 Å². The summed E-state index contributed by atoms with van der Waals surface area (Å²) in [5.41, 5.74) is 12.7. The molecular formula is C106H118N12O12S2. The molecule has 18 rings (SSSR count). The lowest BCUT2D eigenvalue weighted by Gasteiger charge is -2.32. The minimum absolute atomic E-state index is 0.126. The number of anilines is 4. The average molecular weight is 1820 g/mol. The molecule has 7 aromatic carbocycles. The second-order valence-corrected chi connectivity index (χ2v) is 40.1. The van der Waals surface area contributed by atoms with Gasteiger partial charge in [0, 0.05) is 92.9 Å². The summed E-state index contributed by atoms with van der Waals surface area (Å²) in [6, 6.07) is 53.3. The van der Waals surface area contributed by atoms with Crippen molar-refractivity contribution in [3.63, 3.8) is 0 Å². The number of nitrogens with zero attached hydrogens (tertiary/aromatic N) is 9. The summed E-state index contributed by atoms with van der Waals surface area (Å²) in [6.45, 7) is 20.7. The van der Waals surface area contributed by atoms with E-state index in [2.05, 4.69) is 64.8 Å². The summed E-state index contributed by atoms with van der Waals surface area (Å²) < 4.78 is 35.6. The number of fused-ring (bicyclic) bond motifs is 5. The summed E-state index contributed by atoms with van der Waals surface area (Å²) in [4.78, 5) is 117. The Bertz CT molecular complexity index is 6210. The molecule has 4 fully saturated rings. The van der Waals surface area contributed by atoms with Crippen LogP contribution in [0.2, 0.25) is 0 Å².